The van der Waals surface area contributed by atoms with Crippen molar-refractivity contribution >= 4 is 497 Å². The van der Waals surface area contributed by atoms with Crippen LogP contribution >= 0.6 is 0 Å². The molecule has 10 nitrogen and oxygen atoms in total. The van der Waals surface area contributed by atoms with Crippen LogP contribution in [0.2, 0.25) is 0 Å². The zero-order chi connectivity index (χ0) is 15.7. The van der Waals surface area contributed by atoms with Crippen LogP contribution in [0.25, 0.3) is 0 Å². The van der Waals surface area contributed by atoms with Crippen molar-refractivity contribution in [2.24, 2.45) is 0 Å². The normalized spacial score (nSPS) is 5.35. The predicted molar refractivity (Wildman–Crippen MR) is 167 cm³/mol. The van der Waals surface area contributed by atoms with E-state index in [0.29, 0.717) is 0 Å². The summed E-state index contributed by atoms with van der Waals surface area (Å²) in [5, 5.41) is 41.6. The standard InChI is InChI=1S/C10H16N2O8.20Na.16H/c13-7(14)3-11(4-8(15)16)1-2-12(5-9(17)18)6-10(19)20;;;;;;;;;;;;;;;;;;;;;;;;;;;;;;;;;;;;/h1-6H2,(H,13,14)(H,15,16)(H,17,18)(H,19,20);;;;;;;;;;;;;;;;;;;;;;;;;;;;;;;;;;;;/q;;;;;;;;;;;;;;;;;4*+1;;;;;;;;;;;;;;;;/p-4. The molecular weight excluding hydrogens is 736 g/mol. The zero-order valence-electron chi connectivity index (χ0n) is 14.4. The first-order valence-electron chi connectivity index (χ1n) is 5.44. The van der Waals surface area contributed by atoms with E-state index in [1.807, 2.05) is 0 Å². The minimum absolute atomic E-state index is 0. The summed E-state index contributed by atoms with van der Waals surface area (Å²) in [5.41, 5.74) is 0. The Morgan fingerprint density at radius 1 is 0.325 bits per heavy atom. The second-order valence-corrected chi connectivity index (χ2v) is 3.91. The van der Waals surface area contributed by atoms with E-state index in [0.717, 1.165) is 9.80 Å². The van der Waals surface area contributed by atoms with E-state index in [4.69, 9.17) is 0 Å². The first-order chi connectivity index (χ1) is 9.20. The molecule has 0 radical (unpaired) electrons. The van der Waals surface area contributed by atoms with Gasteiger partial charge in [0, 0.05) is 39.3 Å². The molecule has 146 valence electrons. The maximum absolute atomic E-state index is 10.4. The summed E-state index contributed by atoms with van der Waals surface area (Å²) in [4.78, 5) is 43.4. The quantitative estimate of drug-likeness (QED) is 0.185. The van der Waals surface area contributed by atoms with Crippen molar-refractivity contribution in [1.29, 1.82) is 0 Å². The number of carboxylic acids is 4. The van der Waals surface area contributed by atoms with Crippen LogP contribution < -0.4 is 139 Å². The molecule has 0 rings (SSSR count). The maximum atomic E-state index is 10.4. The summed E-state index contributed by atoms with van der Waals surface area (Å²) < 4.78 is 0. The van der Waals surface area contributed by atoms with Gasteiger partial charge in [-0.2, -0.15) is 0 Å². The van der Waals surface area contributed by atoms with Crippen LogP contribution in [0.5, 0.6) is 0 Å². The van der Waals surface area contributed by atoms with Gasteiger partial charge < -0.3 is 39.6 Å². The second-order valence-electron chi connectivity index (χ2n) is 3.91. The summed E-state index contributed by atoms with van der Waals surface area (Å²) in [6.07, 6.45) is 0. The van der Waals surface area contributed by atoms with Crippen molar-refractivity contribution in [3.05, 3.63) is 0 Å². The monoisotopic (exact) mass is 764 g/mol. The number of nitrogens with zero attached hydrogens (tertiary/aromatic N) is 2. The molecule has 0 aliphatic carbocycles. The predicted octanol–water partition coefficient (Wildman–Crippen LogP) is -29.8. The molecule has 0 aromatic rings. The van der Waals surface area contributed by atoms with E-state index in [1.54, 1.807) is 0 Å². The first-order valence-corrected chi connectivity index (χ1v) is 5.44. The molecule has 0 saturated heterocycles. The van der Waals surface area contributed by atoms with Gasteiger partial charge in [0.1, 0.15) is 0 Å². The molecule has 0 spiro atoms. The van der Waals surface area contributed by atoms with Gasteiger partial charge in [0.05, 0.1) is 23.9 Å². The molecule has 0 aromatic carbocycles. The van der Waals surface area contributed by atoms with Crippen LogP contribution in [0.15, 0.2) is 0 Å². The number of hydrogen-bond donors (Lipinski definition) is 0. The third-order valence-electron chi connectivity index (χ3n) is 2.14. The number of rotatable bonds is 11. The molecule has 0 fully saturated rings. The molecule has 0 aliphatic rings. The van der Waals surface area contributed by atoms with Crippen molar-refractivity contribution in [2.75, 3.05) is 39.3 Å². The molecule has 0 N–H and O–H groups in total. The van der Waals surface area contributed by atoms with Crippen LogP contribution in [0.4, 0.5) is 0 Å². The van der Waals surface area contributed by atoms with Crippen LogP contribution in [0, 0.1) is 0 Å². The van der Waals surface area contributed by atoms with Gasteiger partial charge in [0.15, 0.2) is 0 Å². The van der Waals surface area contributed by atoms with E-state index in [2.05, 4.69) is 0 Å². The summed E-state index contributed by atoms with van der Waals surface area (Å²) in [6, 6.07) is 0. The van der Waals surface area contributed by atoms with Crippen molar-refractivity contribution in [1.82, 2.24) is 9.80 Å². The molecule has 0 saturated carbocycles. The summed E-state index contributed by atoms with van der Waals surface area (Å²) in [7, 11) is 0. The molecule has 0 bridgehead atoms. The molecule has 40 heavy (non-hydrogen) atoms. The van der Waals surface area contributed by atoms with Gasteiger partial charge in [-0.3, -0.25) is 9.80 Å². The number of aliphatic carboxylic acids is 4. The summed E-state index contributed by atoms with van der Waals surface area (Å²) >= 11 is 0. The van der Waals surface area contributed by atoms with Crippen LogP contribution in [-0.2, 0) is 19.2 Å². The Hall–Kier alpha value is 17.8. The Morgan fingerprint density at radius 2 is 0.425 bits per heavy atom. The van der Waals surface area contributed by atoms with Crippen molar-refractivity contribution in [3.63, 3.8) is 0 Å². The van der Waals surface area contributed by atoms with Crippen LogP contribution in [0.1, 0.15) is 0 Å². The number of carbonyl (C=O) groups is 4. The van der Waals surface area contributed by atoms with Gasteiger partial charge in [-0.25, -0.2) is 0 Å². The zero-order valence-corrected chi connectivity index (χ0v) is 22.4. The average molecular weight is 764 g/mol. The van der Waals surface area contributed by atoms with Gasteiger partial charge in [0.25, 0.3) is 0 Å². The second kappa shape index (κ2) is 101. The van der Waals surface area contributed by atoms with Gasteiger partial charge in [0.2, 0.25) is 0 Å². The van der Waals surface area contributed by atoms with Crippen LogP contribution in [0.3, 0.4) is 0 Å². The molecule has 0 aromatic heterocycles. The SMILES string of the molecule is O=C([O-])CN(CCN(CC(=O)[O-])CC(=O)[O-])CC(=O)[O-].[Na+].[Na+].[Na+].[Na+].[NaH].[NaH].[NaH].[NaH].[NaH].[NaH].[NaH].[NaH].[NaH].[NaH].[NaH].[NaH].[NaH].[NaH].[NaH].[NaH]. The third-order valence-corrected chi connectivity index (χ3v) is 2.14. The van der Waals surface area contributed by atoms with E-state index in [-0.39, 0.29) is 604 Å². The first kappa shape index (κ1) is 138. The molecule has 0 atom stereocenters. The van der Waals surface area contributed by atoms with Crippen molar-refractivity contribution < 1.29 is 158 Å². The average Bonchev–Trinajstić information content (AvgIpc) is 2.22. The Balaban J connectivity index is -0.00000000950. The van der Waals surface area contributed by atoms with Crippen molar-refractivity contribution in [3.8, 4) is 0 Å². The van der Waals surface area contributed by atoms with Gasteiger partial charge in [-0.05, 0) is 0 Å². The fraction of sp³-hybridized carbons (Fsp3) is 0.600. The van der Waals surface area contributed by atoms with Gasteiger partial charge in [-0.1, -0.05) is 0 Å². The third kappa shape index (κ3) is 111. The van der Waals surface area contributed by atoms with E-state index in [9.17, 15) is 39.6 Å². The molecule has 0 aliphatic heterocycles. The Bertz CT molecular complexity index is 355. The molecule has 30 heteroatoms. The number of carboxylic acid groups (broad SMARTS) is 4. The van der Waals surface area contributed by atoms with Crippen LogP contribution in [-0.4, -0.2) is 546 Å². The Morgan fingerprint density at radius 3 is 0.500 bits per heavy atom. The topological polar surface area (TPSA) is 167 Å². The van der Waals surface area contributed by atoms with Crippen molar-refractivity contribution in [2.45, 2.75) is 0 Å². The molecule has 0 heterocycles. The fourth-order valence-electron chi connectivity index (χ4n) is 1.44. The number of hydrogen-bond acceptors (Lipinski definition) is 10. The summed E-state index contributed by atoms with van der Waals surface area (Å²) in [6.45, 7) is -3.25. The molecular formula is C10H28N2Na20O8. The van der Waals surface area contributed by atoms with Gasteiger partial charge >= 0.3 is 591 Å². The van der Waals surface area contributed by atoms with E-state index in [1.165, 1.54) is 0 Å². The number of carbonyl (C=O) groups excluding carboxylic acids is 4. The minimum atomic E-state index is -1.53. The van der Waals surface area contributed by atoms with Gasteiger partial charge in [-0.15, -0.1) is 0 Å². The van der Waals surface area contributed by atoms with E-state index >= 15 is 0 Å². The Labute approximate surface area is 682 Å². The molecule has 0 amide bonds. The Kier molecular flexibility index (Phi) is 348. The fourth-order valence-corrected chi connectivity index (χ4v) is 1.44. The molecule has 0 unspecified atom stereocenters. The summed E-state index contributed by atoms with van der Waals surface area (Å²) in [5.74, 6) is -6.12. The van der Waals surface area contributed by atoms with E-state index < -0.39 is 50.1 Å².